The van der Waals surface area contributed by atoms with E-state index in [-0.39, 0.29) is 17.9 Å². The Balaban J connectivity index is 1.55. The number of ether oxygens (including phenoxy) is 1. The van der Waals surface area contributed by atoms with E-state index in [2.05, 4.69) is 5.10 Å². The first-order chi connectivity index (χ1) is 17.2. The second-order valence-electron chi connectivity index (χ2n) is 8.92. The third kappa shape index (κ3) is 5.07. The predicted octanol–water partition coefficient (Wildman–Crippen LogP) is 5.14. The van der Waals surface area contributed by atoms with Crippen molar-refractivity contribution in [2.75, 3.05) is 12.1 Å². The highest BCUT2D eigenvalue weighted by Gasteiger charge is 2.39. The lowest BCUT2D eigenvalue weighted by atomic mass is 9.94. The van der Waals surface area contributed by atoms with Gasteiger partial charge in [-0.1, -0.05) is 37.3 Å². The maximum absolute atomic E-state index is 14.4. The Morgan fingerprint density at radius 3 is 2.39 bits per heavy atom. The SMILES string of the molecule is COc1ccc(F)c(-c2ccc(Cc3ccc(N4N=C(C(=O)O)[C@@H](C)C4CC(=O)O)cc3)c(C)c2)c1. The van der Waals surface area contributed by atoms with E-state index in [4.69, 9.17) is 4.74 Å². The summed E-state index contributed by atoms with van der Waals surface area (Å²) in [4.78, 5) is 22.9. The summed E-state index contributed by atoms with van der Waals surface area (Å²) in [5, 5.41) is 24.4. The van der Waals surface area contributed by atoms with Crippen molar-refractivity contribution in [3.05, 3.63) is 83.2 Å². The van der Waals surface area contributed by atoms with Crippen LogP contribution in [0.25, 0.3) is 11.1 Å². The van der Waals surface area contributed by atoms with Crippen LogP contribution in [0, 0.1) is 18.7 Å². The molecule has 1 unspecified atom stereocenters. The number of aliphatic carboxylic acids is 2. The van der Waals surface area contributed by atoms with Gasteiger partial charge in [0.05, 0.1) is 25.3 Å². The van der Waals surface area contributed by atoms with Crippen LogP contribution in [0.3, 0.4) is 0 Å². The molecule has 1 heterocycles. The molecule has 186 valence electrons. The highest BCUT2D eigenvalue weighted by atomic mass is 19.1. The fourth-order valence-corrected chi connectivity index (χ4v) is 4.51. The quantitative estimate of drug-likeness (QED) is 0.454. The van der Waals surface area contributed by atoms with Crippen LogP contribution in [0.4, 0.5) is 10.1 Å². The molecular weight excluding hydrogens is 463 g/mol. The van der Waals surface area contributed by atoms with E-state index in [1.165, 1.54) is 11.1 Å². The number of hydrazone groups is 1. The number of hydrogen-bond acceptors (Lipinski definition) is 5. The van der Waals surface area contributed by atoms with E-state index < -0.39 is 23.9 Å². The normalized spacial score (nSPS) is 17.1. The number of carboxylic acids is 2. The predicted molar refractivity (Wildman–Crippen MR) is 135 cm³/mol. The van der Waals surface area contributed by atoms with Gasteiger partial charge in [0.2, 0.25) is 0 Å². The maximum atomic E-state index is 14.4. The van der Waals surface area contributed by atoms with Gasteiger partial charge in [0.15, 0.2) is 5.71 Å². The molecule has 0 radical (unpaired) electrons. The van der Waals surface area contributed by atoms with Gasteiger partial charge in [-0.3, -0.25) is 9.80 Å². The number of carboxylic acid groups (broad SMARTS) is 2. The number of halogens is 1. The molecule has 2 N–H and O–H groups in total. The summed E-state index contributed by atoms with van der Waals surface area (Å²) in [6.45, 7) is 3.66. The number of benzene rings is 3. The highest BCUT2D eigenvalue weighted by molar-refractivity contribution is 6.37. The van der Waals surface area contributed by atoms with Crippen LogP contribution in [0.2, 0.25) is 0 Å². The molecule has 8 heteroatoms. The summed E-state index contributed by atoms with van der Waals surface area (Å²) in [5.74, 6) is -2.41. The second-order valence-corrected chi connectivity index (χ2v) is 8.92. The average molecular weight is 491 g/mol. The number of hydrogen-bond donors (Lipinski definition) is 2. The number of anilines is 1. The fourth-order valence-electron chi connectivity index (χ4n) is 4.51. The molecule has 2 atom stereocenters. The van der Waals surface area contributed by atoms with Crippen molar-refractivity contribution >= 4 is 23.3 Å². The van der Waals surface area contributed by atoms with Crippen molar-refractivity contribution in [3.63, 3.8) is 0 Å². The Labute approximate surface area is 208 Å². The summed E-state index contributed by atoms with van der Waals surface area (Å²) in [6, 6.07) is 17.4. The lowest BCUT2D eigenvalue weighted by Gasteiger charge is -2.25. The Morgan fingerprint density at radius 1 is 1.06 bits per heavy atom. The topological polar surface area (TPSA) is 99.4 Å². The molecule has 1 aliphatic heterocycles. The van der Waals surface area contributed by atoms with Crippen LogP contribution in [0.5, 0.6) is 5.75 Å². The first kappa shape index (κ1) is 24.9. The van der Waals surface area contributed by atoms with Crippen molar-refractivity contribution in [2.24, 2.45) is 11.0 Å². The smallest absolute Gasteiger partial charge is 0.352 e. The Morgan fingerprint density at radius 2 is 1.78 bits per heavy atom. The van der Waals surface area contributed by atoms with Gasteiger partial charge in [-0.25, -0.2) is 9.18 Å². The lowest BCUT2D eigenvalue weighted by molar-refractivity contribution is -0.137. The summed E-state index contributed by atoms with van der Waals surface area (Å²) in [7, 11) is 1.55. The van der Waals surface area contributed by atoms with Crippen LogP contribution >= 0.6 is 0 Å². The van der Waals surface area contributed by atoms with Gasteiger partial charge < -0.3 is 14.9 Å². The molecule has 7 nitrogen and oxygen atoms in total. The molecule has 4 rings (SSSR count). The fraction of sp³-hybridized carbons (Fsp3) is 0.250. The van der Waals surface area contributed by atoms with Crippen molar-refractivity contribution in [3.8, 4) is 16.9 Å². The molecule has 3 aromatic carbocycles. The third-order valence-electron chi connectivity index (χ3n) is 6.56. The van der Waals surface area contributed by atoms with Gasteiger partial charge >= 0.3 is 11.9 Å². The molecule has 36 heavy (non-hydrogen) atoms. The molecule has 0 aromatic heterocycles. The third-order valence-corrected chi connectivity index (χ3v) is 6.56. The molecule has 0 aliphatic carbocycles. The van der Waals surface area contributed by atoms with Crippen LogP contribution in [0.1, 0.15) is 30.0 Å². The summed E-state index contributed by atoms with van der Waals surface area (Å²) in [5.41, 5.74) is 4.95. The molecular formula is C28H27FN2O5. The summed E-state index contributed by atoms with van der Waals surface area (Å²) in [6.07, 6.45) is 0.425. The van der Waals surface area contributed by atoms with Gasteiger partial charge in [-0.05, 0) is 65.9 Å². The van der Waals surface area contributed by atoms with Crippen LogP contribution in [0.15, 0.2) is 65.8 Å². The molecule has 0 saturated carbocycles. The van der Waals surface area contributed by atoms with Crippen LogP contribution < -0.4 is 9.75 Å². The number of carbonyl (C=O) groups is 2. The molecule has 3 aromatic rings. The highest BCUT2D eigenvalue weighted by Crippen LogP contribution is 2.32. The van der Waals surface area contributed by atoms with Crippen molar-refractivity contribution in [2.45, 2.75) is 32.7 Å². The zero-order chi connectivity index (χ0) is 26.0. The standard InChI is InChI=1S/C28H27FN2O5/c1-16-12-20(23-14-22(36-3)10-11-24(23)29)7-6-19(16)13-18-4-8-21(9-5-18)31-25(15-26(32)33)17(2)27(30-31)28(34)35/h4-12,14,17,25H,13,15H2,1-3H3,(H,32,33)(H,34,35)/t17-,25?/m0/s1. The first-order valence-corrected chi connectivity index (χ1v) is 11.5. The van der Waals surface area contributed by atoms with E-state index in [1.807, 2.05) is 49.4 Å². The lowest BCUT2D eigenvalue weighted by Crippen LogP contribution is -2.35. The number of nitrogens with zero attached hydrogens (tertiary/aromatic N) is 2. The largest absolute Gasteiger partial charge is 0.497 e. The van der Waals surface area contributed by atoms with Gasteiger partial charge in [0.1, 0.15) is 11.6 Å². The second kappa shape index (κ2) is 10.2. The number of aryl methyl sites for hydroxylation is 1. The van der Waals surface area contributed by atoms with Crippen LogP contribution in [-0.4, -0.2) is 41.0 Å². The molecule has 0 bridgehead atoms. The molecule has 1 aliphatic rings. The van der Waals surface area contributed by atoms with E-state index in [0.717, 1.165) is 22.3 Å². The summed E-state index contributed by atoms with van der Waals surface area (Å²) >= 11 is 0. The van der Waals surface area contributed by atoms with Gasteiger partial charge in [0.25, 0.3) is 0 Å². The van der Waals surface area contributed by atoms with E-state index >= 15 is 0 Å². The van der Waals surface area contributed by atoms with Crippen molar-refractivity contribution in [1.82, 2.24) is 0 Å². The monoisotopic (exact) mass is 490 g/mol. The molecule has 0 spiro atoms. The van der Waals surface area contributed by atoms with E-state index in [1.54, 1.807) is 26.2 Å². The molecule has 0 saturated heterocycles. The minimum atomic E-state index is -1.15. The minimum Gasteiger partial charge on any atom is -0.497 e. The Bertz CT molecular complexity index is 1340. The first-order valence-electron chi connectivity index (χ1n) is 11.5. The number of rotatable bonds is 8. The van der Waals surface area contributed by atoms with E-state index in [9.17, 15) is 24.2 Å². The minimum absolute atomic E-state index is 0.0477. The van der Waals surface area contributed by atoms with Gasteiger partial charge in [0, 0.05) is 11.5 Å². The molecule has 0 amide bonds. The Kier molecular flexibility index (Phi) is 7.05. The summed E-state index contributed by atoms with van der Waals surface area (Å²) < 4.78 is 19.6. The van der Waals surface area contributed by atoms with Gasteiger partial charge in [-0.2, -0.15) is 5.10 Å². The van der Waals surface area contributed by atoms with Crippen LogP contribution in [-0.2, 0) is 16.0 Å². The van der Waals surface area contributed by atoms with Crippen molar-refractivity contribution < 1.29 is 28.9 Å². The maximum Gasteiger partial charge on any atom is 0.352 e. The number of methoxy groups -OCH3 is 1. The van der Waals surface area contributed by atoms with Gasteiger partial charge in [-0.15, -0.1) is 0 Å². The average Bonchev–Trinajstić information content (AvgIpc) is 3.17. The Hall–Kier alpha value is -4.20. The molecule has 0 fully saturated rings. The zero-order valence-electron chi connectivity index (χ0n) is 20.2. The van der Waals surface area contributed by atoms with Crippen molar-refractivity contribution in [1.29, 1.82) is 0 Å². The zero-order valence-corrected chi connectivity index (χ0v) is 20.2. The van der Waals surface area contributed by atoms with E-state index in [0.29, 0.717) is 23.4 Å².